The number of aliphatic carboxylic acids is 1. The van der Waals surface area contributed by atoms with Gasteiger partial charge in [-0.15, -0.1) is 5.54 Å². The van der Waals surface area contributed by atoms with E-state index in [0.29, 0.717) is 16.6 Å². The Kier molecular flexibility index (Phi) is 6.31. The number of carbonyl (C=O) groups is 1. The third-order valence-corrected chi connectivity index (χ3v) is 11.9. The summed E-state index contributed by atoms with van der Waals surface area (Å²) >= 11 is 0. The van der Waals surface area contributed by atoms with Crippen LogP contribution in [0.5, 0.6) is 0 Å². The Morgan fingerprint density at radius 3 is 2.15 bits per heavy atom. The maximum atomic E-state index is 11.0. The molecule has 138 valence electrons. The van der Waals surface area contributed by atoms with Crippen LogP contribution >= 0.6 is 0 Å². The molecule has 0 aromatic heterocycles. The molecule has 0 aliphatic heterocycles. The highest BCUT2D eigenvalue weighted by Gasteiger charge is 2.41. The molecule has 0 unspecified atom stereocenters. The molecule has 0 atom stereocenters. The number of hydrogen-bond acceptors (Lipinski definition) is 1. The molecule has 26 heavy (non-hydrogen) atoms. The molecule has 3 heteroatoms. The summed E-state index contributed by atoms with van der Waals surface area (Å²) in [5.41, 5.74) is 7.46. The molecule has 2 rings (SSSR count). The Bertz CT molecular complexity index is 832. The lowest BCUT2D eigenvalue weighted by molar-refractivity contribution is -0.136. The first-order valence-corrected chi connectivity index (χ1v) is 11.7. The van der Waals surface area contributed by atoms with Crippen molar-refractivity contribution in [2.45, 2.75) is 64.6 Å². The largest absolute Gasteiger partial charge is 0.481 e. The van der Waals surface area contributed by atoms with Crippen molar-refractivity contribution < 1.29 is 9.90 Å². The fourth-order valence-corrected chi connectivity index (χ4v) is 9.55. The first-order valence-electron chi connectivity index (χ1n) is 9.45. The second-order valence-corrected chi connectivity index (χ2v) is 13.7. The molecular formula is C23H30O2Si. The van der Waals surface area contributed by atoms with E-state index in [1.54, 1.807) is 0 Å². The molecule has 1 N–H and O–H groups in total. The van der Waals surface area contributed by atoms with Crippen LogP contribution in [0.4, 0.5) is 0 Å². The van der Waals surface area contributed by atoms with Gasteiger partial charge >= 0.3 is 5.97 Å². The minimum absolute atomic E-state index is 0.0515. The van der Waals surface area contributed by atoms with Crippen LogP contribution in [0.2, 0.25) is 16.6 Å². The first kappa shape index (κ1) is 20.3. The molecule has 0 radical (unpaired) electrons. The van der Waals surface area contributed by atoms with Crippen LogP contribution in [0.25, 0.3) is 10.8 Å². The quantitative estimate of drug-likeness (QED) is 0.517. The Balaban J connectivity index is 2.55. The van der Waals surface area contributed by atoms with Gasteiger partial charge < -0.3 is 5.11 Å². The van der Waals surface area contributed by atoms with Crippen molar-refractivity contribution in [3.8, 4) is 11.5 Å². The monoisotopic (exact) mass is 366 g/mol. The van der Waals surface area contributed by atoms with E-state index in [1.165, 1.54) is 0 Å². The lowest BCUT2D eigenvalue weighted by Crippen LogP contribution is -2.43. The minimum Gasteiger partial charge on any atom is -0.481 e. The Morgan fingerprint density at radius 1 is 1.00 bits per heavy atom. The van der Waals surface area contributed by atoms with Gasteiger partial charge in [-0.2, -0.15) is 0 Å². The Hall–Kier alpha value is -2.05. The van der Waals surface area contributed by atoms with Gasteiger partial charge in [0.05, 0.1) is 6.42 Å². The summed E-state index contributed by atoms with van der Waals surface area (Å²) in [6, 6.07) is 12.0. The summed E-state index contributed by atoms with van der Waals surface area (Å²) in [5, 5.41) is 11.2. The molecule has 2 nitrogen and oxygen atoms in total. The van der Waals surface area contributed by atoms with E-state index in [0.717, 1.165) is 21.9 Å². The highest BCUT2D eigenvalue weighted by atomic mass is 28.3. The van der Waals surface area contributed by atoms with E-state index in [2.05, 4.69) is 59.1 Å². The van der Waals surface area contributed by atoms with Gasteiger partial charge in [-0.05, 0) is 39.0 Å². The van der Waals surface area contributed by atoms with Gasteiger partial charge in [0.2, 0.25) is 0 Å². The van der Waals surface area contributed by atoms with Crippen molar-refractivity contribution in [2.24, 2.45) is 0 Å². The number of rotatable bonds is 5. The van der Waals surface area contributed by atoms with E-state index in [1.807, 2.05) is 30.3 Å². The Labute approximate surface area is 158 Å². The van der Waals surface area contributed by atoms with Crippen molar-refractivity contribution >= 4 is 24.8 Å². The average Bonchev–Trinajstić information content (AvgIpc) is 2.53. The molecule has 2 aromatic carbocycles. The van der Waals surface area contributed by atoms with Gasteiger partial charge in [0.1, 0.15) is 8.07 Å². The van der Waals surface area contributed by atoms with Crippen molar-refractivity contribution in [3.05, 3.63) is 47.5 Å². The molecule has 0 saturated heterocycles. The SMILES string of the molecule is CC(C)[Si](C#Cc1cccc2cc(CC(=O)O)ccc12)(C(C)C)C(C)C. The van der Waals surface area contributed by atoms with Gasteiger partial charge in [-0.3, -0.25) is 4.79 Å². The normalized spacial score (nSPS) is 11.9. The summed E-state index contributed by atoms with van der Waals surface area (Å²) in [5.74, 6) is 2.72. The van der Waals surface area contributed by atoms with Crippen LogP contribution < -0.4 is 0 Å². The standard InChI is InChI=1S/C23H30O2Si/c1-16(2)26(17(3)4,18(5)6)13-12-20-8-7-9-21-14-19(15-23(24)25)10-11-22(20)21/h7-11,14,16-18H,15H2,1-6H3,(H,24,25). The summed E-state index contributed by atoms with van der Waals surface area (Å²) in [6.07, 6.45) is 0.0515. The minimum atomic E-state index is -1.77. The number of benzene rings is 2. The summed E-state index contributed by atoms with van der Waals surface area (Å²) in [7, 11) is -1.77. The third kappa shape index (κ3) is 4.02. The van der Waals surface area contributed by atoms with Crippen LogP contribution in [0.15, 0.2) is 36.4 Å². The molecule has 0 spiro atoms. The Morgan fingerprint density at radius 2 is 1.62 bits per heavy atom. The molecule has 0 heterocycles. The van der Waals surface area contributed by atoms with Crippen LogP contribution in [0.3, 0.4) is 0 Å². The van der Waals surface area contributed by atoms with Crippen LogP contribution in [0, 0.1) is 11.5 Å². The summed E-state index contributed by atoms with van der Waals surface area (Å²) in [6.45, 7) is 13.9. The predicted octanol–water partition coefficient (Wildman–Crippen LogP) is 6.04. The number of carboxylic acid groups (broad SMARTS) is 1. The average molecular weight is 367 g/mol. The predicted molar refractivity (Wildman–Crippen MR) is 113 cm³/mol. The zero-order valence-electron chi connectivity index (χ0n) is 16.8. The zero-order chi connectivity index (χ0) is 19.5. The topological polar surface area (TPSA) is 37.3 Å². The molecule has 0 amide bonds. The molecule has 0 saturated carbocycles. The molecule has 0 aliphatic rings. The van der Waals surface area contributed by atoms with E-state index >= 15 is 0 Å². The summed E-state index contributed by atoms with van der Waals surface area (Å²) in [4.78, 5) is 11.0. The maximum Gasteiger partial charge on any atom is 0.307 e. The number of carboxylic acids is 1. The van der Waals surface area contributed by atoms with Crippen LogP contribution in [0.1, 0.15) is 52.7 Å². The molecule has 0 bridgehead atoms. The second-order valence-electron chi connectivity index (χ2n) is 8.08. The molecular weight excluding hydrogens is 336 g/mol. The fraction of sp³-hybridized carbons (Fsp3) is 0.435. The van der Waals surface area contributed by atoms with E-state index in [9.17, 15) is 4.79 Å². The van der Waals surface area contributed by atoms with Crippen molar-refractivity contribution in [1.29, 1.82) is 0 Å². The molecule has 2 aromatic rings. The lowest BCUT2D eigenvalue weighted by atomic mass is 10.0. The lowest BCUT2D eigenvalue weighted by Gasteiger charge is -2.38. The van der Waals surface area contributed by atoms with E-state index in [4.69, 9.17) is 5.11 Å². The van der Waals surface area contributed by atoms with Crippen LogP contribution in [-0.2, 0) is 11.2 Å². The van der Waals surface area contributed by atoms with Gasteiger partial charge in [-0.1, -0.05) is 77.8 Å². The van der Waals surface area contributed by atoms with E-state index in [-0.39, 0.29) is 6.42 Å². The molecule has 0 fully saturated rings. The smallest absolute Gasteiger partial charge is 0.307 e. The maximum absolute atomic E-state index is 11.0. The third-order valence-electron chi connectivity index (χ3n) is 5.58. The number of hydrogen-bond donors (Lipinski definition) is 1. The summed E-state index contributed by atoms with van der Waals surface area (Å²) < 4.78 is 0. The molecule has 0 aliphatic carbocycles. The van der Waals surface area contributed by atoms with Crippen molar-refractivity contribution in [1.82, 2.24) is 0 Å². The highest BCUT2D eigenvalue weighted by Crippen LogP contribution is 2.40. The van der Waals surface area contributed by atoms with Gasteiger partial charge in [0.15, 0.2) is 0 Å². The van der Waals surface area contributed by atoms with Gasteiger partial charge in [-0.25, -0.2) is 0 Å². The number of fused-ring (bicyclic) bond motifs is 1. The van der Waals surface area contributed by atoms with Gasteiger partial charge in [0, 0.05) is 5.56 Å². The highest BCUT2D eigenvalue weighted by molar-refractivity contribution is 6.90. The van der Waals surface area contributed by atoms with Crippen molar-refractivity contribution in [3.63, 3.8) is 0 Å². The first-order chi connectivity index (χ1) is 12.2. The van der Waals surface area contributed by atoms with Crippen molar-refractivity contribution in [2.75, 3.05) is 0 Å². The van der Waals surface area contributed by atoms with Crippen LogP contribution in [-0.4, -0.2) is 19.1 Å². The fourth-order valence-electron chi connectivity index (χ4n) is 4.34. The van der Waals surface area contributed by atoms with Gasteiger partial charge in [0.25, 0.3) is 0 Å². The zero-order valence-corrected chi connectivity index (χ0v) is 17.8. The van der Waals surface area contributed by atoms with E-state index < -0.39 is 14.0 Å². The second kappa shape index (κ2) is 8.10.